The molecule has 5 nitrogen and oxygen atoms in total. The number of amides is 1. The molecule has 1 aliphatic rings. The van der Waals surface area contributed by atoms with Gasteiger partial charge in [0.05, 0.1) is 0 Å². The summed E-state index contributed by atoms with van der Waals surface area (Å²) < 4.78 is 24.8. The van der Waals surface area contributed by atoms with Crippen molar-refractivity contribution < 1.29 is 18.7 Å². The number of carbonyl (C=O) groups is 1. The molecule has 1 amide bonds. The van der Waals surface area contributed by atoms with Crippen LogP contribution >= 0.6 is 0 Å². The number of fused-ring (bicyclic) bond motifs is 2. The van der Waals surface area contributed by atoms with Crippen LogP contribution in [-0.4, -0.2) is 29.6 Å². The minimum atomic E-state index is -0.693. The summed E-state index contributed by atoms with van der Waals surface area (Å²) in [5, 5.41) is 3.85. The fraction of sp³-hybridized carbons (Fsp3) is 0.250. The van der Waals surface area contributed by atoms with Gasteiger partial charge in [0.25, 0.3) is 5.91 Å². The van der Waals surface area contributed by atoms with E-state index in [0.717, 1.165) is 16.5 Å². The zero-order valence-electron chi connectivity index (χ0n) is 14.3. The lowest BCUT2D eigenvalue weighted by molar-refractivity contribution is -0.133. The maximum atomic E-state index is 13.2. The Morgan fingerprint density at radius 1 is 1.19 bits per heavy atom. The van der Waals surface area contributed by atoms with Gasteiger partial charge in [-0.05, 0) is 49.2 Å². The van der Waals surface area contributed by atoms with Gasteiger partial charge < -0.3 is 19.8 Å². The number of rotatable bonds is 4. The van der Waals surface area contributed by atoms with Crippen molar-refractivity contribution in [1.29, 1.82) is 0 Å². The molecule has 26 heavy (non-hydrogen) atoms. The van der Waals surface area contributed by atoms with Crippen molar-refractivity contribution in [2.75, 3.05) is 6.54 Å². The Balaban J connectivity index is 1.38. The highest BCUT2D eigenvalue weighted by atomic mass is 19.1. The highest BCUT2D eigenvalue weighted by Crippen LogP contribution is 2.33. The largest absolute Gasteiger partial charge is 0.482 e. The monoisotopic (exact) mass is 354 g/mol. The van der Waals surface area contributed by atoms with E-state index in [0.29, 0.717) is 24.5 Å². The zero-order valence-corrected chi connectivity index (χ0v) is 14.3. The van der Waals surface area contributed by atoms with E-state index in [1.165, 1.54) is 12.1 Å². The average Bonchev–Trinajstić information content (AvgIpc) is 3.03. The Labute approximate surface area is 150 Å². The normalized spacial score (nSPS) is 18.7. The van der Waals surface area contributed by atoms with Gasteiger partial charge in [-0.1, -0.05) is 12.1 Å². The van der Waals surface area contributed by atoms with Crippen LogP contribution in [0.15, 0.2) is 48.7 Å². The fourth-order valence-corrected chi connectivity index (χ4v) is 3.19. The van der Waals surface area contributed by atoms with Gasteiger partial charge in [0.1, 0.15) is 11.9 Å². The molecule has 0 spiro atoms. The van der Waals surface area contributed by atoms with E-state index < -0.39 is 6.10 Å². The summed E-state index contributed by atoms with van der Waals surface area (Å²) in [5.41, 5.74) is 1.78. The van der Waals surface area contributed by atoms with E-state index in [9.17, 15) is 9.18 Å². The number of para-hydroxylation sites is 2. The zero-order chi connectivity index (χ0) is 18.1. The molecular weight excluding hydrogens is 335 g/mol. The number of H-pyrrole nitrogens is 1. The summed E-state index contributed by atoms with van der Waals surface area (Å²) in [7, 11) is 0. The lowest BCUT2D eigenvalue weighted by atomic mass is 10.1. The van der Waals surface area contributed by atoms with Crippen LogP contribution < -0.4 is 14.8 Å². The van der Waals surface area contributed by atoms with E-state index >= 15 is 0 Å². The fourth-order valence-electron chi connectivity index (χ4n) is 3.19. The number of halogens is 1. The first-order chi connectivity index (χ1) is 12.6. The Morgan fingerprint density at radius 2 is 1.96 bits per heavy atom. The van der Waals surface area contributed by atoms with Crippen molar-refractivity contribution in [1.82, 2.24) is 10.3 Å². The number of hydrogen-bond acceptors (Lipinski definition) is 3. The first kappa shape index (κ1) is 16.4. The molecule has 2 N–H and O–H groups in total. The lowest BCUT2D eigenvalue weighted by Crippen LogP contribution is -2.49. The molecule has 6 heteroatoms. The van der Waals surface area contributed by atoms with Crippen molar-refractivity contribution in [3.05, 3.63) is 60.0 Å². The number of ether oxygens (including phenoxy) is 2. The predicted octanol–water partition coefficient (Wildman–Crippen LogP) is 3.19. The summed E-state index contributed by atoms with van der Waals surface area (Å²) in [5.74, 6) is 0.736. The standard InChI is InChI=1S/C20H19FN2O3/c1-12-19(26-18-5-3-2-4-17(18)25-12)20(24)22-9-8-13-11-23-16-10-14(21)6-7-15(13)16/h2-7,10-12,19,23H,8-9H2,1H3,(H,22,24)/t12-,19+/m1/s1. The molecule has 2 heterocycles. The third-order valence-electron chi connectivity index (χ3n) is 4.52. The van der Waals surface area contributed by atoms with E-state index in [2.05, 4.69) is 10.3 Å². The molecule has 0 saturated heterocycles. The van der Waals surface area contributed by atoms with Crippen LogP contribution in [0.25, 0.3) is 10.9 Å². The third-order valence-corrected chi connectivity index (χ3v) is 4.52. The summed E-state index contributed by atoms with van der Waals surface area (Å²) in [4.78, 5) is 15.5. The van der Waals surface area contributed by atoms with Crippen molar-refractivity contribution in [3.63, 3.8) is 0 Å². The predicted molar refractivity (Wildman–Crippen MR) is 95.9 cm³/mol. The Kier molecular flexibility index (Phi) is 4.24. The highest BCUT2D eigenvalue weighted by Gasteiger charge is 2.33. The number of aromatic amines is 1. The van der Waals surface area contributed by atoms with Crippen molar-refractivity contribution in [3.8, 4) is 11.5 Å². The topological polar surface area (TPSA) is 63.4 Å². The SMILES string of the molecule is C[C@H]1Oc2ccccc2O[C@@H]1C(=O)NCCc1c[nH]c2cc(F)ccc12. The number of benzene rings is 2. The minimum absolute atomic E-state index is 0.210. The van der Waals surface area contributed by atoms with Crippen molar-refractivity contribution in [2.45, 2.75) is 25.6 Å². The van der Waals surface area contributed by atoms with E-state index in [1.54, 1.807) is 12.1 Å². The molecule has 4 rings (SSSR count). The first-order valence-corrected chi connectivity index (χ1v) is 8.57. The molecular formula is C20H19FN2O3. The first-order valence-electron chi connectivity index (χ1n) is 8.57. The van der Waals surface area contributed by atoms with Gasteiger partial charge in [0.15, 0.2) is 11.5 Å². The Morgan fingerprint density at radius 3 is 2.77 bits per heavy atom. The number of carbonyl (C=O) groups excluding carboxylic acids is 1. The molecule has 2 atom stereocenters. The van der Waals surface area contributed by atoms with Gasteiger partial charge in [0.2, 0.25) is 6.10 Å². The van der Waals surface area contributed by atoms with E-state index in [1.807, 2.05) is 31.3 Å². The molecule has 0 bridgehead atoms. The number of hydrogen-bond donors (Lipinski definition) is 2. The molecule has 1 aliphatic heterocycles. The van der Waals surface area contributed by atoms with Crippen LogP contribution in [-0.2, 0) is 11.2 Å². The highest BCUT2D eigenvalue weighted by molar-refractivity contribution is 5.84. The number of aromatic nitrogens is 1. The molecule has 134 valence electrons. The Bertz CT molecular complexity index is 953. The summed E-state index contributed by atoms with van der Waals surface area (Å²) >= 11 is 0. The van der Waals surface area contributed by atoms with Gasteiger partial charge >= 0.3 is 0 Å². The second-order valence-electron chi connectivity index (χ2n) is 6.35. The smallest absolute Gasteiger partial charge is 0.265 e. The summed E-state index contributed by atoms with van der Waals surface area (Å²) in [6, 6.07) is 11.9. The molecule has 1 aromatic heterocycles. The van der Waals surface area contributed by atoms with Crippen molar-refractivity contribution >= 4 is 16.8 Å². The second kappa shape index (κ2) is 6.71. The van der Waals surface area contributed by atoms with E-state index in [-0.39, 0.29) is 17.8 Å². The van der Waals surface area contributed by atoms with Gasteiger partial charge in [-0.2, -0.15) is 0 Å². The molecule has 0 radical (unpaired) electrons. The molecule has 0 fully saturated rings. The van der Waals surface area contributed by atoms with Gasteiger partial charge in [-0.3, -0.25) is 4.79 Å². The van der Waals surface area contributed by atoms with Crippen molar-refractivity contribution in [2.24, 2.45) is 0 Å². The molecule has 0 saturated carbocycles. The maximum Gasteiger partial charge on any atom is 0.265 e. The molecule has 0 unspecified atom stereocenters. The van der Waals surface area contributed by atoms with Gasteiger partial charge in [0, 0.05) is 23.6 Å². The van der Waals surface area contributed by atoms with Crippen LogP contribution in [0.4, 0.5) is 4.39 Å². The molecule has 0 aliphatic carbocycles. The van der Waals surface area contributed by atoms with Crippen LogP contribution in [0.5, 0.6) is 11.5 Å². The maximum absolute atomic E-state index is 13.2. The average molecular weight is 354 g/mol. The van der Waals surface area contributed by atoms with E-state index in [4.69, 9.17) is 9.47 Å². The lowest BCUT2D eigenvalue weighted by Gasteiger charge is -2.31. The summed E-state index contributed by atoms with van der Waals surface area (Å²) in [6.45, 7) is 2.27. The van der Waals surface area contributed by atoms with Crippen LogP contribution in [0.1, 0.15) is 12.5 Å². The van der Waals surface area contributed by atoms with Gasteiger partial charge in [-0.15, -0.1) is 0 Å². The quantitative estimate of drug-likeness (QED) is 0.756. The number of nitrogens with one attached hydrogen (secondary N) is 2. The minimum Gasteiger partial charge on any atom is -0.482 e. The Hall–Kier alpha value is -3.02. The summed E-state index contributed by atoms with van der Waals surface area (Å²) in [6.07, 6.45) is 1.41. The van der Waals surface area contributed by atoms with Crippen LogP contribution in [0.2, 0.25) is 0 Å². The third kappa shape index (κ3) is 3.10. The molecule has 3 aromatic rings. The molecule has 2 aromatic carbocycles. The van der Waals surface area contributed by atoms with Gasteiger partial charge in [-0.25, -0.2) is 4.39 Å². The van der Waals surface area contributed by atoms with Crippen LogP contribution in [0, 0.1) is 5.82 Å². The van der Waals surface area contributed by atoms with Crippen LogP contribution in [0.3, 0.4) is 0 Å². The second-order valence-corrected chi connectivity index (χ2v) is 6.35.